The molecule has 0 aromatic carbocycles. The van der Waals surface area contributed by atoms with Crippen LogP contribution in [-0.2, 0) is 0 Å². The van der Waals surface area contributed by atoms with E-state index in [4.69, 9.17) is 5.73 Å². The molecule has 0 bridgehead atoms. The predicted molar refractivity (Wildman–Crippen MR) is 41.0 cm³/mol. The molecule has 0 spiro atoms. The van der Waals surface area contributed by atoms with Gasteiger partial charge in [-0.3, -0.25) is 0 Å². The topological polar surface area (TPSA) is 38.0 Å². The molecular formula is C8H10N2. The Labute approximate surface area is 60.1 Å². The summed E-state index contributed by atoms with van der Waals surface area (Å²) in [7, 11) is 0. The molecule has 1 aliphatic carbocycles. The Hall–Kier alpha value is -1.18. The summed E-state index contributed by atoms with van der Waals surface area (Å²) in [6, 6.07) is 0.449. The van der Waals surface area contributed by atoms with E-state index in [1.165, 1.54) is 5.57 Å². The molecule has 1 heterocycles. The van der Waals surface area contributed by atoms with Crippen molar-refractivity contribution < 1.29 is 0 Å². The third-order valence-corrected chi connectivity index (χ3v) is 1.94. The van der Waals surface area contributed by atoms with E-state index in [9.17, 15) is 0 Å². The first-order chi connectivity index (χ1) is 4.88. The summed E-state index contributed by atoms with van der Waals surface area (Å²) < 4.78 is 0. The van der Waals surface area contributed by atoms with Gasteiger partial charge in [-0.25, -0.2) is 0 Å². The second-order valence-electron chi connectivity index (χ2n) is 2.60. The van der Waals surface area contributed by atoms with Crippen LogP contribution in [0.4, 0.5) is 0 Å². The minimum atomic E-state index is 0.449. The highest BCUT2D eigenvalue weighted by atomic mass is 14.9. The van der Waals surface area contributed by atoms with E-state index < -0.39 is 0 Å². The first kappa shape index (κ1) is 5.59. The van der Waals surface area contributed by atoms with E-state index in [1.807, 2.05) is 18.4 Å². The molecule has 0 radical (unpaired) electrons. The van der Waals surface area contributed by atoms with Crippen LogP contribution >= 0.6 is 0 Å². The van der Waals surface area contributed by atoms with Crippen LogP contribution in [0.2, 0.25) is 0 Å². The summed E-state index contributed by atoms with van der Waals surface area (Å²) in [5.41, 5.74) is 7.86. The maximum Gasteiger partial charge on any atom is 0.0563 e. The Morgan fingerprint density at radius 1 is 1.50 bits per heavy atom. The fourth-order valence-corrected chi connectivity index (χ4v) is 1.38. The van der Waals surface area contributed by atoms with E-state index in [1.54, 1.807) is 0 Å². The quantitative estimate of drug-likeness (QED) is 0.510. The van der Waals surface area contributed by atoms with Crippen LogP contribution in [0.3, 0.4) is 0 Å². The number of hydrogen-bond acceptors (Lipinski definition) is 2. The van der Waals surface area contributed by atoms with Gasteiger partial charge in [-0.15, -0.1) is 0 Å². The highest BCUT2D eigenvalue weighted by Gasteiger charge is 2.18. The second kappa shape index (κ2) is 1.90. The zero-order chi connectivity index (χ0) is 6.97. The molecule has 0 saturated heterocycles. The number of nitrogens with one attached hydrogen (secondary N) is 1. The first-order valence-corrected chi connectivity index (χ1v) is 3.47. The fourth-order valence-electron chi connectivity index (χ4n) is 1.38. The predicted octanol–water partition coefficient (Wildman–Crippen LogP) is 0.645. The number of nitrogens with two attached hydrogens (primary N) is 1. The average Bonchev–Trinajstić information content (AvgIpc) is 2.36. The highest BCUT2D eigenvalue weighted by molar-refractivity contribution is 5.41. The van der Waals surface area contributed by atoms with E-state index in [2.05, 4.69) is 11.4 Å². The lowest BCUT2D eigenvalue weighted by molar-refractivity contribution is 0.701. The SMILES string of the molecule is NC1=C2C=CNC2CC=C1. The van der Waals surface area contributed by atoms with Gasteiger partial charge in [0, 0.05) is 5.70 Å². The summed E-state index contributed by atoms with van der Waals surface area (Å²) in [4.78, 5) is 0. The van der Waals surface area contributed by atoms with Crippen LogP contribution in [0.1, 0.15) is 6.42 Å². The second-order valence-corrected chi connectivity index (χ2v) is 2.60. The Bertz CT molecular complexity index is 236. The smallest absolute Gasteiger partial charge is 0.0563 e. The maximum atomic E-state index is 5.72. The molecule has 0 fully saturated rings. The van der Waals surface area contributed by atoms with Crippen LogP contribution in [-0.4, -0.2) is 6.04 Å². The molecule has 3 N–H and O–H groups in total. The van der Waals surface area contributed by atoms with Gasteiger partial charge >= 0.3 is 0 Å². The standard InChI is InChI=1S/C8H10N2/c9-7-2-1-3-8-6(7)4-5-10-8/h1-2,4-5,8,10H,3,9H2. The molecule has 0 saturated carbocycles. The Balaban J connectivity index is 2.41. The van der Waals surface area contributed by atoms with Gasteiger partial charge in [-0.1, -0.05) is 6.08 Å². The normalized spacial score (nSPS) is 28.6. The zero-order valence-electron chi connectivity index (χ0n) is 5.67. The Kier molecular flexibility index (Phi) is 1.07. The molecule has 2 nitrogen and oxygen atoms in total. The van der Waals surface area contributed by atoms with Crippen LogP contribution in [0.5, 0.6) is 0 Å². The minimum Gasteiger partial charge on any atom is -0.398 e. The third kappa shape index (κ3) is 0.652. The van der Waals surface area contributed by atoms with Crippen molar-refractivity contribution in [3.8, 4) is 0 Å². The Morgan fingerprint density at radius 2 is 2.40 bits per heavy atom. The number of hydrogen-bond donors (Lipinski definition) is 2. The third-order valence-electron chi connectivity index (χ3n) is 1.94. The molecule has 0 aromatic rings. The molecule has 0 aromatic heterocycles. The lowest BCUT2D eigenvalue weighted by Crippen LogP contribution is -2.24. The lowest BCUT2D eigenvalue weighted by Gasteiger charge is -2.15. The lowest BCUT2D eigenvalue weighted by atomic mass is 9.99. The number of fused-ring (bicyclic) bond motifs is 1. The highest BCUT2D eigenvalue weighted by Crippen LogP contribution is 2.20. The molecule has 10 heavy (non-hydrogen) atoms. The molecule has 52 valence electrons. The van der Waals surface area contributed by atoms with Gasteiger partial charge in [0.1, 0.15) is 0 Å². The summed E-state index contributed by atoms with van der Waals surface area (Å²) in [5, 5.41) is 3.22. The van der Waals surface area contributed by atoms with Crippen LogP contribution in [0.15, 0.2) is 35.7 Å². The molecule has 2 heteroatoms. The van der Waals surface area contributed by atoms with Gasteiger partial charge < -0.3 is 11.1 Å². The number of rotatable bonds is 0. The maximum absolute atomic E-state index is 5.72. The van der Waals surface area contributed by atoms with Gasteiger partial charge in [0.05, 0.1) is 6.04 Å². The molecule has 2 rings (SSSR count). The summed E-state index contributed by atoms with van der Waals surface area (Å²) in [6.45, 7) is 0. The van der Waals surface area contributed by atoms with Gasteiger partial charge in [0.15, 0.2) is 0 Å². The van der Waals surface area contributed by atoms with Crippen molar-refractivity contribution in [2.24, 2.45) is 5.73 Å². The van der Waals surface area contributed by atoms with Gasteiger partial charge in [-0.05, 0) is 30.3 Å². The average molecular weight is 134 g/mol. The fraction of sp³-hybridized carbons (Fsp3) is 0.250. The van der Waals surface area contributed by atoms with E-state index >= 15 is 0 Å². The van der Waals surface area contributed by atoms with Crippen molar-refractivity contribution in [1.82, 2.24) is 5.32 Å². The van der Waals surface area contributed by atoms with Crippen molar-refractivity contribution >= 4 is 0 Å². The van der Waals surface area contributed by atoms with Crippen molar-refractivity contribution in [2.45, 2.75) is 12.5 Å². The van der Waals surface area contributed by atoms with Gasteiger partial charge in [0.2, 0.25) is 0 Å². The van der Waals surface area contributed by atoms with E-state index in [0.29, 0.717) is 6.04 Å². The van der Waals surface area contributed by atoms with Crippen molar-refractivity contribution in [3.63, 3.8) is 0 Å². The molecular weight excluding hydrogens is 124 g/mol. The summed E-state index contributed by atoms with van der Waals surface area (Å²) >= 11 is 0. The van der Waals surface area contributed by atoms with Crippen molar-refractivity contribution in [2.75, 3.05) is 0 Å². The number of allylic oxidation sites excluding steroid dienone is 1. The van der Waals surface area contributed by atoms with E-state index in [0.717, 1.165) is 12.1 Å². The largest absolute Gasteiger partial charge is 0.398 e. The summed E-state index contributed by atoms with van der Waals surface area (Å²) in [5.74, 6) is 0. The molecule has 0 amide bonds. The zero-order valence-corrected chi connectivity index (χ0v) is 5.67. The monoisotopic (exact) mass is 134 g/mol. The van der Waals surface area contributed by atoms with Crippen molar-refractivity contribution in [1.29, 1.82) is 0 Å². The summed E-state index contributed by atoms with van der Waals surface area (Å²) in [6.07, 6.45) is 9.14. The van der Waals surface area contributed by atoms with Crippen LogP contribution in [0.25, 0.3) is 0 Å². The molecule has 1 unspecified atom stereocenters. The minimum absolute atomic E-state index is 0.449. The Morgan fingerprint density at radius 3 is 3.20 bits per heavy atom. The van der Waals surface area contributed by atoms with Gasteiger partial charge in [0.25, 0.3) is 0 Å². The van der Waals surface area contributed by atoms with Gasteiger partial charge in [-0.2, -0.15) is 0 Å². The molecule has 1 atom stereocenters. The van der Waals surface area contributed by atoms with Crippen molar-refractivity contribution in [3.05, 3.63) is 35.7 Å². The van der Waals surface area contributed by atoms with Crippen LogP contribution < -0.4 is 11.1 Å². The van der Waals surface area contributed by atoms with E-state index in [-0.39, 0.29) is 0 Å². The molecule has 2 aliphatic rings. The molecule has 1 aliphatic heterocycles. The first-order valence-electron chi connectivity index (χ1n) is 3.47. The van der Waals surface area contributed by atoms with Crippen LogP contribution in [0, 0.1) is 0 Å².